The van der Waals surface area contributed by atoms with Crippen LogP contribution < -0.4 is 0 Å². The lowest BCUT2D eigenvalue weighted by atomic mass is 9.97. The molecular formula is C13H22O11. The van der Waals surface area contributed by atoms with Crippen LogP contribution in [0.2, 0.25) is 0 Å². The van der Waals surface area contributed by atoms with Gasteiger partial charge in [-0.1, -0.05) is 0 Å². The lowest BCUT2D eigenvalue weighted by molar-refractivity contribution is -0.340. The number of rotatable bonds is 5. The molecule has 140 valence electrons. The van der Waals surface area contributed by atoms with Gasteiger partial charge in [0, 0.05) is 7.11 Å². The van der Waals surface area contributed by atoms with Crippen molar-refractivity contribution in [2.24, 2.45) is 0 Å². The van der Waals surface area contributed by atoms with Gasteiger partial charge in [-0.2, -0.15) is 0 Å². The van der Waals surface area contributed by atoms with Gasteiger partial charge in [0.2, 0.25) is 0 Å². The number of aliphatic hydroxyl groups is 6. The second-order valence-electron chi connectivity index (χ2n) is 5.56. The van der Waals surface area contributed by atoms with Crippen molar-refractivity contribution in [3.05, 3.63) is 0 Å². The first kappa shape index (κ1) is 19.6. The van der Waals surface area contributed by atoms with E-state index in [4.69, 9.17) is 24.1 Å². The van der Waals surface area contributed by atoms with E-state index in [0.29, 0.717) is 0 Å². The van der Waals surface area contributed by atoms with Crippen molar-refractivity contribution in [3.8, 4) is 0 Å². The molecule has 11 nitrogen and oxygen atoms in total. The number of ether oxygens (including phenoxy) is 4. The second-order valence-corrected chi connectivity index (χ2v) is 5.56. The number of hydrogen-bond donors (Lipinski definition) is 6. The van der Waals surface area contributed by atoms with Crippen LogP contribution in [0, 0.1) is 0 Å². The predicted octanol–water partition coefficient (Wildman–Crippen LogP) is -4.53. The Morgan fingerprint density at radius 2 is 1.50 bits per heavy atom. The summed E-state index contributed by atoms with van der Waals surface area (Å²) in [5, 5.41) is 57.9. The van der Waals surface area contributed by atoms with Crippen molar-refractivity contribution < 1.29 is 54.4 Å². The number of carbonyl (C=O) groups excluding carboxylic acids is 1. The van der Waals surface area contributed by atoms with Crippen molar-refractivity contribution in [2.45, 2.75) is 55.3 Å². The first-order chi connectivity index (χ1) is 11.3. The lowest BCUT2D eigenvalue weighted by Crippen LogP contribution is -2.63. The fourth-order valence-electron chi connectivity index (χ4n) is 2.63. The van der Waals surface area contributed by atoms with E-state index >= 15 is 0 Å². The van der Waals surface area contributed by atoms with Gasteiger partial charge in [-0.05, 0) is 0 Å². The summed E-state index contributed by atoms with van der Waals surface area (Å²) in [7, 11) is 1.23. The maximum absolute atomic E-state index is 11.8. The summed E-state index contributed by atoms with van der Waals surface area (Å²) in [6.07, 6.45) is -13.4. The highest BCUT2D eigenvalue weighted by Gasteiger charge is 2.50. The SMILES string of the molecule is CO[C@@H]1OC(CO)[C@@H](O[C@H]2OC(CO)[C@@H](O)C(=O)[C@@H]2O)C(O)C1O. The third-order valence-electron chi connectivity index (χ3n) is 4.03. The molecule has 0 bridgehead atoms. The number of methoxy groups -OCH3 is 1. The van der Waals surface area contributed by atoms with Crippen molar-refractivity contribution in [1.29, 1.82) is 0 Å². The minimum atomic E-state index is -1.88. The standard InChI is InChI=1S/C13H22O11/c1-21-12-10(20)8(18)11(5(3-15)23-12)24-13-9(19)7(17)6(16)4(2-14)22-13/h4-6,8-16,18-20H,2-3H2,1H3/t4?,5?,6-,8?,9+,10?,11-,12-,13-/m1/s1. The first-order valence-electron chi connectivity index (χ1n) is 7.32. The number of carbonyl (C=O) groups is 1. The zero-order chi connectivity index (χ0) is 18.0. The van der Waals surface area contributed by atoms with Crippen molar-refractivity contribution in [3.63, 3.8) is 0 Å². The first-order valence-corrected chi connectivity index (χ1v) is 7.32. The maximum Gasteiger partial charge on any atom is 0.197 e. The number of Topliss-reactive ketones (excluding diaryl/α,β-unsaturated/α-hetero) is 1. The summed E-state index contributed by atoms with van der Waals surface area (Å²) in [4.78, 5) is 11.8. The Bertz CT molecular complexity index is 430. The quantitative estimate of drug-likeness (QED) is 0.280. The molecule has 4 unspecified atom stereocenters. The molecule has 2 fully saturated rings. The van der Waals surface area contributed by atoms with Crippen LogP contribution in [0.5, 0.6) is 0 Å². The molecule has 2 heterocycles. The molecule has 2 saturated heterocycles. The van der Waals surface area contributed by atoms with E-state index in [-0.39, 0.29) is 0 Å². The Labute approximate surface area is 136 Å². The average Bonchev–Trinajstić information content (AvgIpc) is 2.59. The van der Waals surface area contributed by atoms with E-state index < -0.39 is 74.3 Å². The van der Waals surface area contributed by atoms with Gasteiger partial charge in [-0.25, -0.2) is 0 Å². The molecule has 9 atom stereocenters. The second kappa shape index (κ2) is 8.10. The third-order valence-corrected chi connectivity index (χ3v) is 4.03. The summed E-state index contributed by atoms with van der Waals surface area (Å²) in [6, 6.07) is 0. The Balaban J connectivity index is 2.13. The van der Waals surface area contributed by atoms with Crippen LogP contribution in [0.15, 0.2) is 0 Å². The summed E-state index contributed by atoms with van der Waals surface area (Å²) in [5.41, 5.74) is 0. The zero-order valence-corrected chi connectivity index (χ0v) is 12.8. The van der Waals surface area contributed by atoms with E-state index in [0.717, 1.165) is 0 Å². The molecule has 2 aliphatic rings. The Hall–Kier alpha value is -0.730. The van der Waals surface area contributed by atoms with Gasteiger partial charge in [-0.15, -0.1) is 0 Å². The fraction of sp³-hybridized carbons (Fsp3) is 0.923. The summed E-state index contributed by atoms with van der Waals surface area (Å²) >= 11 is 0. The maximum atomic E-state index is 11.8. The molecule has 6 N–H and O–H groups in total. The van der Waals surface area contributed by atoms with E-state index in [9.17, 15) is 30.3 Å². The van der Waals surface area contributed by atoms with Crippen molar-refractivity contribution in [2.75, 3.05) is 20.3 Å². The molecule has 0 amide bonds. The van der Waals surface area contributed by atoms with Gasteiger partial charge in [0.1, 0.15) is 36.6 Å². The molecule has 2 aliphatic heterocycles. The highest BCUT2D eigenvalue weighted by Crippen LogP contribution is 2.28. The Morgan fingerprint density at radius 1 is 0.917 bits per heavy atom. The predicted molar refractivity (Wildman–Crippen MR) is 72.4 cm³/mol. The van der Waals surface area contributed by atoms with Crippen molar-refractivity contribution in [1.82, 2.24) is 0 Å². The third kappa shape index (κ3) is 3.60. The molecule has 24 heavy (non-hydrogen) atoms. The molecule has 0 aromatic carbocycles. The smallest absolute Gasteiger partial charge is 0.197 e. The van der Waals surface area contributed by atoms with Gasteiger partial charge in [0.05, 0.1) is 13.2 Å². The van der Waals surface area contributed by atoms with E-state index in [1.54, 1.807) is 0 Å². The van der Waals surface area contributed by atoms with Gasteiger partial charge in [0.25, 0.3) is 0 Å². The molecule has 0 aromatic heterocycles. The Kier molecular flexibility index (Phi) is 6.61. The molecule has 0 saturated carbocycles. The lowest BCUT2D eigenvalue weighted by Gasteiger charge is -2.44. The van der Waals surface area contributed by atoms with Crippen LogP contribution in [-0.2, 0) is 23.7 Å². The molecule has 11 heteroatoms. The van der Waals surface area contributed by atoms with E-state index in [1.165, 1.54) is 7.11 Å². The molecule has 2 rings (SSSR count). The Morgan fingerprint density at radius 3 is 2.04 bits per heavy atom. The van der Waals surface area contributed by atoms with Crippen molar-refractivity contribution >= 4 is 5.78 Å². The number of hydrogen-bond acceptors (Lipinski definition) is 11. The summed E-state index contributed by atoms with van der Waals surface area (Å²) in [5.74, 6) is -1.02. The topological polar surface area (TPSA) is 175 Å². The minimum absolute atomic E-state index is 0.614. The molecule has 0 spiro atoms. The van der Waals surface area contributed by atoms with Crippen LogP contribution >= 0.6 is 0 Å². The van der Waals surface area contributed by atoms with Crippen LogP contribution in [0.4, 0.5) is 0 Å². The van der Waals surface area contributed by atoms with E-state index in [1.807, 2.05) is 0 Å². The summed E-state index contributed by atoms with van der Waals surface area (Å²) in [6.45, 7) is -1.32. The summed E-state index contributed by atoms with van der Waals surface area (Å²) < 4.78 is 20.5. The van der Waals surface area contributed by atoms with Crippen LogP contribution in [-0.4, -0.2) is 112 Å². The average molecular weight is 354 g/mol. The number of ketones is 1. The highest BCUT2D eigenvalue weighted by atomic mass is 16.7. The monoisotopic (exact) mass is 354 g/mol. The van der Waals surface area contributed by atoms with Gasteiger partial charge in [-0.3, -0.25) is 4.79 Å². The van der Waals surface area contributed by atoms with E-state index in [2.05, 4.69) is 0 Å². The molecule has 0 aromatic rings. The largest absolute Gasteiger partial charge is 0.394 e. The van der Waals surface area contributed by atoms with Crippen LogP contribution in [0.25, 0.3) is 0 Å². The molecular weight excluding hydrogens is 332 g/mol. The normalized spacial score (nSPS) is 47.0. The minimum Gasteiger partial charge on any atom is -0.394 e. The van der Waals surface area contributed by atoms with Gasteiger partial charge >= 0.3 is 0 Å². The molecule has 0 radical (unpaired) electrons. The van der Waals surface area contributed by atoms with Crippen LogP contribution in [0.1, 0.15) is 0 Å². The number of aliphatic hydroxyl groups excluding tert-OH is 6. The van der Waals surface area contributed by atoms with Gasteiger partial charge in [0.15, 0.2) is 24.5 Å². The van der Waals surface area contributed by atoms with Crippen LogP contribution in [0.3, 0.4) is 0 Å². The zero-order valence-electron chi connectivity index (χ0n) is 12.8. The molecule has 0 aliphatic carbocycles. The van der Waals surface area contributed by atoms with Gasteiger partial charge < -0.3 is 49.6 Å². The highest BCUT2D eigenvalue weighted by molar-refractivity contribution is 5.88. The fourth-order valence-corrected chi connectivity index (χ4v) is 2.63.